The van der Waals surface area contributed by atoms with E-state index in [9.17, 15) is 4.39 Å². The van der Waals surface area contributed by atoms with Gasteiger partial charge in [0.2, 0.25) is 0 Å². The standard InChI is InChI=1S/C14H13FN4/c15-12-3-1-2-11-13(12)17-9-18-14(11)19-7-5-10(8-19)4-6-16/h1-3,9-10H,4-5,7-8H2. The minimum atomic E-state index is -0.325. The summed E-state index contributed by atoms with van der Waals surface area (Å²) in [5, 5.41) is 9.48. The summed E-state index contributed by atoms with van der Waals surface area (Å²) < 4.78 is 13.7. The Hall–Kier alpha value is -2.22. The third-order valence-corrected chi connectivity index (χ3v) is 3.56. The number of benzene rings is 1. The van der Waals surface area contributed by atoms with Crippen LogP contribution in [0.1, 0.15) is 12.8 Å². The summed E-state index contributed by atoms with van der Waals surface area (Å²) in [5.41, 5.74) is 0.358. The van der Waals surface area contributed by atoms with Gasteiger partial charge in [-0.15, -0.1) is 0 Å². The predicted molar refractivity (Wildman–Crippen MR) is 70.0 cm³/mol. The van der Waals surface area contributed by atoms with Gasteiger partial charge in [-0.1, -0.05) is 6.07 Å². The fourth-order valence-corrected chi connectivity index (χ4v) is 2.61. The number of aromatic nitrogens is 2. The lowest BCUT2D eigenvalue weighted by Gasteiger charge is -2.18. The van der Waals surface area contributed by atoms with Gasteiger partial charge in [-0.05, 0) is 24.5 Å². The molecule has 19 heavy (non-hydrogen) atoms. The van der Waals surface area contributed by atoms with Gasteiger partial charge in [-0.2, -0.15) is 5.26 Å². The number of nitriles is 1. The van der Waals surface area contributed by atoms with Crippen molar-refractivity contribution >= 4 is 16.7 Å². The van der Waals surface area contributed by atoms with Crippen LogP contribution < -0.4 is 4.90 Å². The summed E-state index contributed by atoms with van der Waals surface area (Å²) in [6.45, 7) is 1.66. The van der Waals surface area contributed by atoms with Gasteiger partial charge in [0.05, 0.1) is 6.07 Å². The largest absolute Gasteiger partial charge is 0.356 e. The predicted octanol–water partition coefficient (Wildman–Crippen LogP) is 2.51. The molecule has 1 fully saturated rings. The Morgan fingerprint density at radius 2 is 2.32 bits per heavy atom. The normalized spacial score (nSPS) is 18.7. The highest BCUT2D eigenvalue weighted by molar-refractivity contribution is 5.89. The molecule has 1 aromatic carbocycles. The number of anilines is 1. The molecule has 1 unspecified atom stereocenters. The van der Waals surface area contributed by atoms with Crippen molar-refractivity contribution in [1.29, 1.82) is 5.26 Å². The third kappa shape index (κ3) is 2.10. The molecule has 0 spiro atoms. The molecule has 96 valence electrons. The summed E-state index contributed by atoms with van der Waals surface area (Å²) in [4.78, 5) is 10.4. The van der Waals surface area contributed by atoms with Crippen molar-refractivity contribution in [2.45, 2.75) is 12.8 Å². The van der Waals surface area contributed by atoms with Crippen LogP contribution in [0.4, 0.5) is 10.2 Å². The number of para-hydroxylation sites is 1. The Kier molecular flexibility index (Phi) is 3.00. The molecule has 0 bridgehead atoms. The van der Waals surface area contributed by atoms with Crippen LogP contribution >= 0.6 is 0 Å². The van der Waals surface area contributed by atoms with E-state index in [0.717, 1.165) is 30.7 Å². The van der Waals surface area contributed by atoms with Crippen LogP contribution in [-0.4, -0.2) is 23.1 Å². The zero-order chi connectivity index (χ0) is 13.2. The third-order valence-electron chi connectivity index (χ3n) is 3.56. The van der Waals surface area contributed by atoms with Crippen molar-refractivity contribution in [1.82, 2.24) is 9.97 Å². The molecule has 0 aliphatic carbocycles. The van der Waals surface area contributed by atoms with E-state index in [2.05, 4.69) is 20.9 Å². The Morgan fingerprint density at radius 1 is 1.42 bits per heavy atom. The summed E-state index contributed by atoms with van der Waals surface area (Å²) >= 11 is 0. The maximum absolute atomic E-state index is 13.7. The molecular weight excluding hydrogens is 243 g/mol. The maximum atomic E-state index is 13.7. The average Bonchev–Trinajstić information content (AvgIpc) is 2.88. The first-order chi connectivity index (χ1) is 9.29. The highest BCUT2D eigenvalue weighted by atomic mass is 19.1. The van der Waals surface area contributed by atoms with Gasteiger partial charge in [-0.25, -0.2) is 14.4 Å². The SMILES string of the molecule is N#CCC1CCN(c2ncnc3c(F)cccc23)C1. The molecule has 4 nitrogen and oxygen atoms in total. The summed E-state index contributed by atoms with van der Waals surface area (Å²) in [6.07, 6.45) is 2.95. The second-order valence-corrected chi connectivity index (χ2v) is 4.80. The number of fused-ring (bicyclic) bond motifs is 1. The van der Waals surface area contributed by atoms with E-state index in [0.29, 0.717) is 17.9 Å². The second kappa shape index (κ2) is 4.81. The highest BCUT2D eigenvalue weighted by Crippen LogP contribution is 2.29. The molecule has 1 aliphatic heterocycles. The molecule has 0 saturated carbocycles. The number of hydrogen-bond donors (Lipinski definition) is 0. The molecule has 0 radical (unpaired) electrons. The molecule has 1 atom stereocenters. The molecule has 1 saturated heterocycles. The van der Waals surface area contributed by atoms with E-state index in [1.165, 1.54) is 12.4 Å². The van der Waals surface area contributed by atoms with Crippen LogP contribution in [0.3, 0.4) is 0 Å². The lowest BCUT2D eigenvalue weighted by molar-refractivity contribution is 0.605. The quantitative estimate of drug-likeness (QED) is 0.828. The van der Waals surface area contributed by atoms with E-state index in [-0.39, 0.29) is 5.82 Å². The van der Waals surface area contributed by atoms with Crippen molar-refractivity contribution in [3.63, 3.8) is 0 Å². The smallest absolute Gasteiger partial charge is 0.149 e. The molecule has 1 aromatic heterocycles. The van der Waals surface area contributed by atoms with E-state index in [1.54, 1.807) is 6.07 Å². The monoisotopic (exact) mass is 256 g/mol. The van der Waals surface area contributed by atoms with Crippen LogP contribution in [0, 0.1) is 23.1 Å². The minimum absolute atomic E-state index is 0.325. The van der Waals surface area contributed by atoms with Gasteiger partial charge in [0, 0.05) is 24.9 Å². The molecule has 0 amide bonds. The molecular formula is C14H13FN4. The highest BCUT2D eigenvalue weighted by Gasteiger charge is 2.24. The zero-order valence-corrected chi connectivity index (χ0v) is 10.4. The first-order valence-corrected chi connectivity index (χ1v) is 6.30. The van der Waals surface area contributed by atoms with Gasteiger partial charge in [0.25, 0.3) is 0 Å². The van der Waals surface area contributed by atoms with Gasteiger partial charge in [0.15, 0.2) is 0 Å². The van der Waals surface area contributed by atoms with Crippen molar-refractivity contribution in [2.75, 3.05) is 18.0 Å². The fourth-order valence-electron chi connectivity index (χ4n) is 2.61. The number of hydrogen-bond acceptors (Lipinski definition) is 4. The maximum Gasteiger partial charge on any atom is 0.149 e. The molecule has 5 heteroatoms. The van der Waals surface area contributed by atoms with Crippen LogP contribution in [0.25, 0.3) is 10.9 Å². The van der Waals surface area contributed by atoms with Gasteiger partial charge < -0.3 is 4.90 Å². The molecule has 2 heterocycles. The fraction of sp³-hybridized carbons (Fsp3) is 0.357. The Morgan fingerprint density at radius 3 is 3.16 bits per heavy atom. The lowest BCUT2D eigenvalue weighted by atomic mass is 10.1. The molecule has 2 aromatic rings. The topological polar surface area (TPSA) is 52.8 Å². The van der Waals surface area contributed by atoms with Crippen LogP contribution in [-0.2, 0) is 0 Å². The van der Waals surface area contributed by atoms with Crippen LogP contribution in [0.2, 0.25) is 0 Å². The summed E-state index contributed by atoms with van der Waals surface area (Å²) in [7, 11) is 0. The van der Waals surface area contributed by atoms with Crippen molar-refractivity contribution in [2.24, 2.45) is 5.92 Å². The minimum Gasteiger partial charge on any atom is -0.356 e. The molecule has 0 N–H and O–H groups in total. The number of rotatable bonds is 2. The molecule has 1 aliphatic rings. The van der Waals surface area contributed by atoms with Crippen molar-refractivity contribution in [3.8, 4) is 6.07 Å². The lowest BCUT2D eigenvalue weighted by Crippen LogP contribution is -2.21. The zero-order valence-electron chi connectivity index (χ0n) is 10.4. The number of nitrogens with zero attached hydrogens (tertiary/aromatic N) is 4. The van der Waals surface area contributed by atoms with Crippen molar-refractivity contribution < 1.29 is 4.39 Å². The summed E-state index contributed by atoms with van der Waals surface area (Å²) in [6, 6.07) is 7.13. The van der Waals surface area contributed by atoms with Crippen LogP contribution in [0.5, 0.6) is 0 Å². The van der Waals surface area contributed by atoms with E-state index >= 15 is 0 Å². The Bertz CT molecular complexity index is 649. The average molecular weight is 256 g/mol. The first-order valence-electron chi connectivity index (χ1n) is 6.30. The van der Waals surface area contributed by atoms with Crippen LogP contribution in [0.15, 0.2) is 24.5 Å². The van der Waals surface area contributed by atoms with Gasteiger partial charge >= 0.3 is 0 Å². The number of halogens is 1. The Labute approximate surface area is 110 Å². The molecule has 3 rings (SSSR count). The van der Waals surface area contributed by atoms with Gasteiger partial charge in [-0.3, -0.25) is 0 Å². The first kappa shape index (κ1) is 11.8. The Balaban J connectivity index is 1.98. The van der Waals surface area contributed by atoms with Crippen molar-refractivity contribution in [3.05, 3.63) is 30.3 Å². The second-order valence-electron chi connectivity index (χ2n) is 4.80. The van der Waals surface area contributed by atoms with Gasteiger partial charge in [0.1, 0.15) is 23.5 Å². The van der Waals surface area contributed by atoms with E-state index in [4.69, 9.17) is 5.26 Å². The van der Waals surface area contributed by atoms with E-state index in [1.807, 2.05) is 6.07 Å². The van der Waals surface area contributed by atoms with E-state index < -0.39 is 0 Å². The summed E-state index contributed by atoms with van der Waals surface area (Å²) in [5.74, 6) is 0.822.